The zero-order chi connectivity index (χ0) is 26.2. The van der Waals surface area contributed by atoms with Gasteiger partial charge in [-0.05, 0) is 71.7 Å². The van der Waals surface area contributed by atoms with Crippen LogP contribution in [-0.2, 0) is 32.1 Å². The van der Waals surface area contributed by atoms with E-state index in [1.807, 2.05) is 30.3 Å². The van der Waals surface area contributed by atoms with E-state index in [2.05, 4.69) is 13.2 Å². The van der Waals surface area contributed by atoms with Crippen LogP contribution in [0, 0.1) is 0 Å². The maximum absolute atomic E-state index is 12.4. The standard InChI is InChI=1S/C30H28O6/c1-19(2)27(31)15-21-6-8-23(28(16-21)34-5)11-13-29(32)36-26-12-10-24-14-22(7-9-25(24)17-26)18-35-30(33)20(3)4/h6-14,16-17H,1,3,15,18H2,2,4-5H3/b13-11+. The van der Waals surface area contributed by atoms with Crippen molar-refractivity contribution in [3.05, 3.63) is 102 Å². The van der Waals surface area contributed by atoms with Gasteiger partial charge < -0.3 is 14.2 Å². The predicted octanol–water partition coefficient (Wildman–Crippen LogP) is 5.77. The summed E-state index contributed by atoms with van der Waals surface area (Å²) in [5.74, 6) is -0.0689. The number of benzene rings is 3. The highest BCUT2D eigenvalue weighted by Gasteiger charge is 2.09. The van der Waals surface area contributed by atoms with Crippen molar-refractivity contribution in [1.29, 1.82) is 0 Å². The Labute approximate surface area is 210 Å². The minimum absolute atomic E-state index is 0.0401. The van der Waals surface area contributed by atoms with Gasteiger partial charge in [0.15, 0.2) is 5.78 Å². The Morgan fingerprint density at radius 2 is 1.56 bits per heavy atom. The highest BCUT2D eigenvalue weighted by Crippen LogP contribution is 2.24. The zero-order valence-corrected chi connectivity index (χ0v) is 20.6. The van der Waals surface area contributed by atoms with Gasteiger partial charge in [0.25, 0.3) is 0 Å². The third kappa shape index (κ3) is 7.03. The molecule has 0 aliphatic heterocycles. The van der Waals surface area contributed by atoms with E-state index in [1.165, 1.54) is 13.2 Å². The molecule has 0 saturated heterocycles. The molecule has 0 amide bonds. The van der Waals surface area contributed by atoms with Crippen molar-refractivity contribution in [3.8, 4) is 11.5 Å². The fraction of sp³-hybridized carbons (Fsp3) is 0.167. The smallest absolute Gasteiger partial charge is 0.336 e. The first-order chi connectivity index (χ1) is 17.2. The second kappa shape index (κ2) is 11.8. The quantitative estimate of drug-likeness (QED) is 0.206. The first kappa shape index (κ1) is 26.2. The summed E-state index contributed by atoms with van der Waals surface area (Å²) in [6.45, 7) is 10.7. The molecule has 0 atom stereocenters. The molecule has 0 unspecified atom stereocenters. The van der Waals surface area contributed by atoms with Crippen molar-refractivity contribution in [1.82, 2.24) is 0 Å². The Bertz CT molecular complexity index is 1380. The number of ketones is 1. The Balaban J connectivity index is 1.66. The van der Waals surface area contributed by atoms with Crippen molar-refractivity contribution >= 4 is 34.6 Å². The Hall–Kier alpha value is -4.45. The monoisotopic (exact) mass is 484 g/mol. The third-order valence-corrected chi connectivity index (χ3v) is 5.35. The molecule has 0 aliphatic rings. The molecular formula is C30H28O6. The summed E-state index contributed by atoms with van der Waals surface area (Å²) in [5, 5.41) is 1.80. The van der Waals surface area contributed by atoms with Crippen molar-refractivity contribution in [2.24, 2.45) is 0 Å². The fourth-order valence-electron chi connectivity index (χ4n) is 3.35. The lowest BCUT2D eigenvalue weighted by Gasteiger charge is -2.08. The van der Waals surface area contributed by atoms with Crippen LogP contribution in [0.4, 0.5) is 0 Å². The summed E-state index contributed by atoms with van der Waals surface area (Å²) in [7, 11) is 1.53. The van der Waals surface area contributed by atoms with Gasteiger partial charge in [-0.25, -0.2) is 9.59 Å². The fourth-order valence-corrected chi connectivity index (χ4v) is 3.35. The molecule has 0 heterocycles. The molecule has 3 rings (SSSR count). The van der Waals surface area contributed by atoms with Crippen LogP contribution in [-0.4, -0.2) is 24.8 Å². The first-order valence-electron chi connectivity index (χ1n) is 11.3. The second-order valence-corrected chi connectivity index (χ2v) is 8.41. The average molecular weight is 485 g/mol. The van der Waals surface area contributed by atoms with Crippen molar-refractivity contribution < 1.29 is 28.6 Å². The molecule has 0 N–H and O–H groups in total. The van der Waals surface area contributed by atoms with E-state index in [0.717, 1.165) is 21.9 Å². The molecule has 0 radical (unpaired) electrons. The lowest BCUT2D eigenvalue weighted by atomic mass is 10.0. The molecule has 0 fully saturated rings. The SMILES string of the molecule is C=C(C)C(=O)Cc1ccc(/C=C/C(=O)Oc2ccc3cc(COC(=O)C(=C)C)ccc3c2)c(OC)c1. The lowest BCUT2D eigenvalue weighted by Crippen LogP contribution is -2.05. The van der Waals surface area contributed by atoms with E-state index >= 15 is 0 Å². The number of rotatable bonds is 10. The Kier molecular flexibility index (Phi) is 8.57. The number of carbonyl (C=O) groups is 3. The zero-order valence-electron chi connectivity index (χ0n) is 20.6. The summed E-state index contributed by atoms with van der Waals surface area (Å²) < 4.78 is 16.1. The maximum Gasteiger partial charge on any atom is 0.336 e. The number of hydrogen-bond acceptors (Lipinski definition) is 6. The number of hydrogen-bond donors (Lipinski definition) is 0. The largest absolute Gasteiger partial charge is 0.496 e. The summed E-state index contributed by atoms with van der Waals surface area (Å²) in [4.78, 5) is 35.9. The molecule has 0 aromatic heterocycles. The van der Waals surface area contributed by atoms with E-state index in [0.29, 0.717) is 28.2 Å². The number of Topliss-reactive ketones (excluding diaryl/α,β-unsaturated/α-hetero) is 1. The molecule has 0 spiro atoms. The first-order valence-corrected chi connectivity index (χ1v) is 11.3. The minimum Gasteiger partial charge on any atom is -0.496 e. The molecule has 0 bridgehead atoms. The normalized spacial score (nSPS) is 10.8. The number of allylic oxidation sites excluding steroid dienone is 1. The summed E-state index contributed by atoms with van der Waals surface area (Å²) in [5.41, 5.74) is 3.17. The van der Waals surface area contributed by atoms with Gasteiger partial charge in [0, 0.05) is 23.6 Å². The topological polar surface area (TPSA) is 78.9 Å². The van der Waals surface area contributed by atoms with Gasteiger partial charge in [0.2, 0.25) is 0 Å². The summed E-state index contributed by atoms with van der Waals surface area (Å²) in [6.07, 6.45) is 3.16. The van der Waals surface area contributed by atoms with Gasteiger partial charge in [-0.15, -0.1) is 0 Å². The van der Waals surface area contributed by atoms with Crippen LogP contribution in [0.2, 0.25) is 0 Å². The van der Waals surface area contributed by atoms with Gasteiger partial charge >= 0.3 is 11.9 Å². The Morgan fingerprint density at radius 1 is 0.861 bits per heavy atom. The second-order valence-electron chi connectivity index (χ2n) is 8.41. The highest BCUT2D eigenvalue weighted by molar-refractivity contribution is 5.96. The molecule has 0 aliphatic carbocycles. The van der Waals surface area contributed by atoms with Crippen LogP contribution in [0.3, 0.4) is 0 Å². The van der Waals surface area contributed by atoms with E-state index < -0.39 is 11.9 Å². The minimum atomic E-state index is -0.540. The molecular weight excluding hydrogens is 456 g/mol. The van der Waals surface area contributed by atoms with Gasteiger partial charge in [-0.2, -0.15) is 0 Å². The van der Waals surface area contributed by atoms with Crippen molar-refractivity contribution in [2.45, 2.75) is 26.9 Å². The molecule has 0 saturated carbocycles. The number of carbonyl (C=O) groups excluding carboxylic acids is 3. The lowest BCUT2D eigenvalue weighted by molar-refractivity contribution is -0.140. The van der Waals surface area contributed by atoms with Gasteiger partial charge in [-0.1, -0.05) is 43.5 Å². The van der Waals surface area contributed by atoms with Crippen LogP contribution in [0.25, 0.3) is 16.8 Å². The number of esters is 2. The molecule has 6 nitrogen and oxygen atoms in total. The van der Waals surface area contributed by atoms with Gasteiger partial charge in [0.1, 0.15) is 18.1 Å². The van der Waals surface area contributed by atoms with Crippen LogP contribution in [0.5, 0.6) is 11.5 Å². The molecule has 3 aromatic rings. The van der Waals surface area contributed by atoms with Gasteiger partial charge in [0.05, 0.1) is 7.11 Å². The third-order valence-electron chi connectivity index (χ3n) is 5.35. The van der Waals surface area contributed by atoms with Crippen molar-refractivity contribution in [3.63, 3.8) is 0 Å². The number of ether oxygens (including phenoxy) is 3. The van der Waals surface area contributed by atoms with Crippen LogP contribution >= 0.6 is 0 Å². The van der Waals surface area contributed by atoms with Crippen LogP contribution < -0.4 is 9.47 Å². The van der Waals surface area contributed by atoms with E-state index in [4.69, 9.17) is 14.2 Å². The van der Waals surface area contributed by atoms with Crippen molar-refractivity contribution in [2.75, 3.05) is 7.11 Å². The molecule has 3 aromatic carbocycles. The van der Waals surface area contributed by atoms with E-state index in [1.54, 1.807) is 44.2 Å². The average Bonchev–Trinajstić information content (AvgIpc) is 2.86. The Morgan fingerprint density at radius 3 is 2.25 bits per heavy atom. The number of fused-ring (bicyclic) bond motifs is 1. The maximum atomic E-state index is 12.4. The number of methoxy groups -OCH3 is 1. The summed E-state index contributed by atoms with van der Waals surface area (Å²) in [6, 6.07) is 16.3. The van der Waals surface area contributed by atoms with Gasteiger partial charge in [-0.3, -0.25) is 4.79 Å². The molecule has 184 valence electrons. The van der Waals surface area contributed by atoms with E-state index in [9.17, 15) is 14.4 Å². The highest BCUT2D eigenvalue weighted by atomic mass is 16.5. The van der Waals surface area contributed by atoms with E-state index in [-0.39, 0.29) is 18.8 Å². The summed E-state index contributed by atoms with van der Waals surface area (Å²) >= 11 is 0. The molecule has 6 heteroatoms. The van der Waals surface area contributed by atoms with Crippen LogP contribution in [0.15, 0.2) is 85.0 Å². The predicted molar refractivity (Wildman–Crippen MR) is 140 cm³/mol. The molecule has 36 heavy (non-hydrogen) atoms. The van der Waals surface area contributed by atoms with Crippen LogP contribution in [0.1, 0.15) is 30.5 Å².